The lowest BCUT2D eigenvalue weighted by Crippen LogP contribution is -2.33. The molecule has 11 heavy (non-hydrogen) atoms. The van der Waals surface area contributed by atoms with E-state index in [1.165, 1.54) is 6.42 Å². The number of hydrogen-bond acceptors (Lipinski definition) is 2. The van der Waals surface area contributed by atoms with Gasteiger partial charge in [-0.05, 0) is 18.8 Å². The second kappa shape index (κ2) is 3.81. The third kappa shape index (κ3) is 4.70. The fourth-order valence-electron chi connectivity index (χ4n) is 1.23. The lowest BCUT2D eigenvalue weighted by Gasteiger charge is -2.32. The first-order chi connectivity index (χ1) is 4.83. The highest BCUT2D eigenvalue weighted by molar-refractivity contribution is 7.81. The number of thiol groups is 1. The highest BCUT2D eigenvalue weighted by atomic mass is 32.1. The van der Waals surface area contributed by atoms with E-state index in [1.54, 1.807) is 0 Å². The topological polar surface area (TPSA) is 26.0 Å². The largest absolute Gasteiger partial charge is 0.329 e. The van der Waals surface area contributed by atoms with Gasteiger partial charge in [-0.25, -0.2) is 0 Å². The van der Waals surface area contributed by atoms with E-state index in [-0.39, 0.29) is 4.75 Å². The summed E-state index contributed by atoms with van der Waals surface area (Å²) in [4.78, 5) is 0. The smallest absolute Gasteiger partial charge is 0.0229 e. The average molecular weight is 175 g/mol. The molecule has 0 rings (SSSR count). The first kappa shape index (κ1) is 11.3. The van der Waals surface area contributed by atoms with Crippen molar-refractivity contribution in [2.45, 2.75) is 45.3 Å². The Hall–Kier alpha value is 0.310. The van der Waals surface area contributed by atoms with Crippen molar-refractivity contribution in [2.75, 3.05) is 6.54 Å². The normalized spacial score (nSPS) is 18.0. The van der Waals surface area contributed by atoms with E-state index in [2.05, 4.69) is 40.3 Å². The molecule has 0 bridgehead atoms. The Bertz CT molecular complexity index is 105. The van der Waals surface area contributed by atoms with Crippen LogP contribution >= 0.6 is 12.6 Å². The molecule has 68 valence electrons. The molecule has 0 aliphatic rings. The number of nitrogens with two attached hydrogens (primary N) is 1. The van der Waals surface area contributed by atoms with Gasteiger partial charge < -0.3 is 5.73 Å². The zero-order valence-electron chi connectivity index (χ0n) is 8.15. The van der Waals surface area contributed by atoms with Crippen LogP contribution in [0.15, 0.2) is 0 Å². The van der Waals surface area contributed by atoms with Gasteiger partial charge in [-0.1, -0.05) is 27.2 Å². The van der Waals surface area contributed by atoms with Crippen LogP contribution in [0.1, 0.15) is 40.5 Å². The molecule has 0 aromatic carbocycles. The van der Waals surface area contributed by atoms with Crippen molar-refractivity contribution in [3.63, 3.8) is 0 Å². The van der Waals surface area contributed by atoms with E-state index in [0.717, 1.165) is 6.42 Å². The van der Waals surface area contributed by atoms with Crippen molar-refractivity contribution < 1.29 is 0 Å². The fraction of sp³-hybridized carbons (Fsp3) is 1.00. The van der Waals surface area contributed by atoms with Crippen LogP contribution in [0.3, 0.4) is 0 Å². The molecule has 0 spiro atoms. The van der Waals surface area contributed by atoms with E-state index in [9.17, 15) is 0 Å². The van der Waals surface area contributed by atoms with E-state index in [0.29, 0.717) is 12.0 Å². The SMILES string of the molecule is CCC(C)(C)CC(C)(S)CN. The van der Waals surface area contributed by atoms with Gasteiger partial charge in [0, 0.05) is 11.3 Å². The first-order valence-corrected chi connectivity index (χ1v) is 4.70. The van der Waals surface area contributed by atoms with Gasteiger partial charge in [0.2, 0.25) is 0 Å². The number of hydrogen-bond donors (Lipinski definition) is 2. The predicted octanol–water partition coefficient (Wildman–Crippen LogP) is 2.46. The second-order valence-corrected chi connectivity index (χ2v) is 5.48. The van der Waals surface area contributed by atoms with Crippen LogP contribution in [0.5, 0.6) is 0 Å². The molecule has 0 aliphatic carbocycles. The summed E-state index contributed by atoms with van der Waals surface area (Å²) >= 11 is 4.51. The Morgan fingerprint density at radius 1 is 1.27 bits per heavy atom. The molecule has 1 atom stereocenters. The molecule has 1 nitrogen and oxygen atoms in total. The minimum Gasteiger partial charge on any atom is -0.329 e. The highest BCUT2D eigenvalue weighted by Gasteiger charge is 2.26. The average Bonchev–Trinajstić information content (AvgIpc) is 1.86. The minimum atomic E-state index is -0.000486. The van der Waals surface area contributed by atoms with Gasteiger partial charge in [-0.3, -0.25) is 0 Å². The lowest BCUT2D eigenvalue weighted by atomic mass is 9.81. The molecule has 0 heterocycles. The van der Waals surface area contributed by atoms with Crippen LogP contribution in [0.2, 0.25) is 0 Å². The highest BCUT2D eigenvalue weighted by Crippen LogP contribution is 2.33. The van der Waals surface area contributed by atoms with Gasteiger partial charge in [-0.15, -0.1) is 0 Å². The molecular weight excluding hydrogens is 154 g/mol. The van der Waals surface area contributed by atoms with Gasteiger partial charge in [-0.2, -0.15) is 12.6 Å². The predicted molar refractivity (Wildman–Crippen MR) is 55.1 cm³/mol. The van der Waals surface area contributed by atoms with Crippen molar-refractivity contribution in [3.05, 3.63) is 0 Å². The summed E-state index contributed by atoms with van der Waals surface area (Å²) in [6, 6.07) is 0. The molecule has 2 N–H and O–H groups in total. The Balaban J connectivity index is 4.02. The molecule has 0 aliphatic heterocycles. The van der Waals surface area contributed by atoms with Crippen molar-refractivity contribution in [2.24, 2.45) is 11.1 Å². The maximum Gasteiger partial charge on any atom is 0.0229 e. The van der Waals surface area contributed by atoms with E-state index in [4.69, 9.17) is 5.73 Å². The molecule has 0 radical (unpaired) electrons. The summed E-state index contributed by atoms with van der Waals surface area (Å²) in [6.07, 6.45) is 2.26. The van der Waals surface area contributed by atoms with Crippen LogP contribution in [0, 0.1) is 5.41 Å². The van der Waals surface area contributed by atoms with E-state index >= 15 is 0 Å². The van der Waals surface area contributed by atoms with Crippen LogP contribution in [-0.2, 0) is 0 Å². The van der Waals surface area contributed by atoms with E-state index in [1.807, 2.05) is 0 Å². The third-order valence-electron chi connectivity index (χ3n) is 2.26. The standard InChI is InChI=1S/C9H21NS/c1-5-8(2,3)6-9(4,11)7-10/h11H,5-7,10H2,1-4H3. The van der Waals surface area contributed by atoms with Gasteiger partial charge in [0.05, 0.1) is 0 Å². The Morgan fingerprint density at radius 2 is 1.73 bits per heavy atom. The Kier molecular flexibility index (Phi) is 3.92. The molecule has 0 fully saturated rings. The zero-order valence-corrected chi connectivity index (χ0v) is 9.04. The maximum absolute atomic E-state index is 5.59. The second-order valence-electron chi connectivity index (χ2n) is 4.40. The van der Waals surface area contributed by atoms with Crippen molar-refractivity contribution in [3.8, 4) is 0 Å². The molecule has 0 aromatic heterocycles. The van der Waals surface area contributed by atoms with Crippen LogP contribution in [0.25, 0.3) is 0 Å². The molecule has 0 amide bonds. The molecular formula is C9H21NS. The van der Waals surface area contributed by atoms with Crippen molar-refractivity contribution in [1.29, 1.82) is 0 Å². The number of rotatable bonds is 4. The zero-order chi connectivity index (χ0) is 9.12. The molecule has 0 saturated carbocycles. The van der Waals surface area contributed by atoms with Crippen LogP contribution < -0.4 is 5.73 Å². The summed E-state index contributed by atoms with van der Waals surface area (Å²) in [6.45, 7) is 9.49. The summed E-state index contributed by atoms with van der Waals surface area (Å²) < 4.78 is -0.000486. The lowest BCUT2D eigenvalue weighted by molar-refractivity contribution is 0.288. The van der Waals surface area contributed by atoms with E-state index < -0.39 is 0 Å². The summed E-state index contributed by atoms with van der Waals surface area (Å²) in [7, 11) is 0. The van der Waals surface area contributed by atoms with Gasteiger partial charge in [0.25, 0.3) is 0 Å². The molecule has 2 heteroatoms. The fourth-order valence-corrected chi connectivity index (χ4v) is 1.66. The minimum absolute atomic E-state index is 0.000486. The van der Waals surface area contributed by atoms with Gasteiger partial charge in [0.15, 0.2) is 0 Å². The Labute approximate surface area is 76.2 Å². The molecule has 0 saturated heterocycles. The maximum atomic E-state index is 5.59. The van der Waals surface area contributed by atoms with Crippen LogP contribution in [0.4, 0.5) is 0 Å². The van der Waals surface area contributed by atoms with Crippen LogP contribution in [-0.4, -0.2) is 11.3 Å². The monoisotopic (exact) mass is 175 g/mol. The quantitative estimate of drug-likeness (QED) is 0.631. The Morgan fingerprint density at radius 3 is 2.00 bits per heavy atom. The van der Waals surface area contributed by atoms with Crippen molar-refractivity contribution in [1.82, 2.24) is 0 Å². The van der Waals surface area contributed by atoms with Gasteiger partial charge >= 0.3 is 0 Å². The summed E-state index contributed by atoms with van der Waals surface area (Å²) in [5, 5.41) is 0. The van der Waals surface area contributed by atoms with Crippen molar-refractivity contribution >= 4 is 12.6 Å². The summed E-state index contributed by atoms with van der Waals surface area (Å²) in [5.74, 6) is 0. The molecule has 0 aromatic rings. The summed E-state index contributed by atoms with van der Waals surface area (Å²) in [5.41, 5.74) is 5.96. The first-order valence-electron chi connectivity index (χ1n) is 4.25. The van der Waals surface area contributed by atoms with Gasteiger partial charge in [0.1, 0.15) is 0 Å². The third-order valence-corrected chi connectivity index (χ3v) is 2.60. The molecule has 1 unspecified atom stereocenters.